The molecule has 0 radical (unpaired) electrons. The molecule has 0 bridgehead atoms. The molecule has 0 atom stereocenters. The van der Waals surface area contributed by atoms with Gasteiger partial charge in [0.05, 0.1) is 45.9 Å². The highest BCUT2D eigenvalue weighted by molar-refractivity contribution is 7.92. The fraction of sp³-hybridized carbons (Fsp3) is 0.182. The van der Waals surface area contributed by atoms with Crippen LogP contribution in [0.4, 0.5) is 28.4 Å². The molecule has 0 heterocycles. The first kappa shape index (κ1) is 39.9. The highest BCUT2D eigenvalue weighted by atomic mass is 32.3. The second-order valence-electron chi connectivity index (χ2n) is 8.64. The minimum atomic E-state index is -4.88. The lowest BCUT2D eigenvalue weighted by atomic mass is 10.2. The summed E-state index contributed by atoms with van der Waals surface area (Å²) in [6, 6.07) is 10.7. The van der Waals surface area contributed by atoms with Gasteiger partial charge in [0.25, 0.3) is 12.3 Å². The Labute approximate surface area is 285 Å². The molecule has 3 aromatic carbocycles. The van der Waals surface area contributed by atoms with Gasteiger partial charge in [-0.2, -0.15) is 13.5 Å². The molecule has 27 heteroatoms. The number of anilines is 1. The zero-order valence-electron chi connectivity index (χ0n) is 24.0. The summed E-state index contributed by atoms with van der Waals surface area (Å²) < 4.78 is 102. The number of nitrogens with zero attached hydrogens (tertiary/aromatic N) is 4. The summed E-state index contributed by atoms with van der Waals surface area (Å²) in [6.07, 6.45) is 0. The predicted octanol–water partition coefficient (Wildman–Crippen LogP) is 4.54. The van der Waals surface area contributed by atoms with Crippen molar-refractivity contribution in [2.45, 2.75) is 9.79 Å². The molecular weight excluding hydrogens is 767 g/mol. The molecule has 0 aliphatic rings. The van der Waals surface area contributed by atoms with Crippen molar-refractivity contribution < 1.29 is 76.7 Å². The maximum Gasteiger partial charge on any atom is 0.397 e. The van der Waals surface area contributed by atoms with Crippen molar-refractivity contribution in [3.63, 3.8) is 0 Å². The van der Waals surface area contributed by atoms with Crippen LogP contribution in [0.1, 0.15) is 0 Å². The summed E-state index contributed by atoms with van der Waals surface area (Å²) in [4.78, 5) is -0.442. The van der Waals surface area contributed by atoms with Gasteiger partial charge < -0.3 is 15.0 Å². The van der Waals surface area contributed by atoms with Crippen LogP contribution in [-0.2, 0) is 57.2 Å². The number of sulfone groups is 2. The summed E-state index contributed by atoms with van der Waals surface area (Å²) in [6.45, 7) is -1.17. The number of aromatic hydroxyl groups is 1. The summed E-state index contributed by atoms with van der Waals surface area (Å²) in [5, 5.41) is 49.3. The van der Waals surface area contributed by atoms with Gasteiger partial charge in [0.15, 0.2) is 37.7 Å². The Balaban J connectivity index is 1.80. The van der Waals surface area contributed by atoms with E-state index in [2.05, 4.69) is 43.4 Å². The van der Waals surface area contributed by atoms with Crippen LogP contribution in [0.3, 0.4) is 0 Å². The Kier molecular flexibility index (Phi) is 15.0. The highest BCUT2D eigenvalue weighted by Gasteiger charge is 2.20. The third kappa shape index (κ3) is 13.0. The van der Waals surface area contributed by atoms with Crippen LogP contribution in [0.2, 0.25) is 0 Å². The van der Waals surface area contributed by atoms with Gasteiger partial charge in [0.1, 0.15) is 22.8 Å². The monoisotopic (exact) mass is 789 g/mol. The standard InChI is InChI=1S/C22H23N5O17S5/c23-17-12-21(28)20(13-19(17)26-24-14-1-3-15(4-2-14)47(31,32)9-7-38-45-43-41-29)27-25-18-6-5-16(11-22(18)40-46-44-42-30)48(33,34)10-8-39-49(35,36)37/h1-6,11-13,28-30H,7-10,23H2,(H,35,36,37). The van der Waals surface area contributed by atoms with Crippen LogP contribution < -0.4 is 9.92 Å². The van der Waals surface area contributed by atoms with E-state index in [0.717, 1.165) is 24.3 Å². The van der Waals surface area contributed by atoms with Gasteiger partial charge in [-0.1, -0.05) is 14.4 Å². The van der Waals surface area contributed by atoms with Gasteiger partial charge >= 0.3 is 10.4 Å². The zero-order valence-corrected chi connectivity index (χ0v) is 28.1. The second kappa shape index (κ2) is 18.4. The van der Waals surface area contributed by atoms with Crippen molar-refractivity contribution >= 4 is 83.2 Å². The first-order valence-corrected chi connectivity index (χ1v) is 18.5. The molecule has 0 unspecified atom stereocenters. The van der Waals surface area contributed by atoms with Crippen LogP contribution in [0.5, 0.6) is 11.5 Å². The lowest BCUT2D eigenvalue weighted by Crippen LogP contribution is -2.15. The summed E-state index contributed by atoms with van der Waals surface area (Å²) >= 11 is 0.287. The van der Waals surface area contributed by atoms with Crippen LogP contribution in [0, 0.1) is 0 Å². The van der Waals surface area contributed by atoms with Crippen molar-refractivity contribution in [1.29, 1.82) is 0 Å². The maximum absolute atomic E-state index is 12.6. The Morgan fingerprint density at radius 3 is 1.96 bits per heavy atom. The summed E-state index contributed by atoms with van der Waals surface area (Å²) in [7, 11) is -12.8. The molecule has 22 nitrogen and oxygen atoms in total. The Bertz CT molecular complexity index is 1960. The zero-order chi connectivity index (χ0) is 36.1. The third-order valence-corrected chi connectivity index (χ3v) is 10.0. The average Bonchev–Trinajstić information content (AvgIpc) is 3.03. The van der Waals surface area contributed by atoms with Crippen LogP contribution >= 0.6 is 24.6 Å². The van der Waals surface area contributed by atoms with E-state index in [-0.39, 0.29) is 70.3 Å². The average molecular weight is 790 g/mol. The minimum Gasteiger partial charge on any atom is -0.506 e. The van der Waals surface area contributed by atoms with Gasteiger partial charge in [0, 0.05) is 12.1 Å². The van der Waals surface area contributed by atoms with E-state index < -0.39 is 58.8 Å². The molecule has 0 aliphatic heterocycles. The number of nitrogen functional groups attached to an aromatic ring is 1. The lowest BCUT2D eigenvalue weighted by Gasteiger charge is -2.09. The largest absolute Gasteiger partial charge is 0.506 e. The van der Waals surface area contributed by atoms with Gasteiger partial charge in [-0.3, -0.25) is 8.74 Å². The van der Waals surface area contributed by atoms with E-state index in [4.69, 9.17) is 29.2 Å². The fourth-order valence-electron chi connectivity index (χ4n) is 3.28. The molecule has 0 aliphatic carbocycles. The topological polar surface area (TPSA) is 323 Å². The van der Waals surface area contributed by atoms with E-state index in [1.165, 1.54) is 30.3 Å². The minimum absolute atomic E-state index is 0.0150. The van der Waals surface area contributed by atoms with E-state index >= 15 is 0 Å². The smallest absolute Gasteiger partial charge is 0.397 e. The highest BCUT2D eigenvalue weighted by Crippen LogP contribution is 2.39. The normalized spacial score (nSPS) is 12.6. The van der Waals surface area contributed by atoms with Crippen molar-refractivity contribution in [3.05, 3.63) is 54.6 Å². The van der Waals surface area contributed by atoms with Crippen LogP contribution in [-0.4, -0.2) is 70.1 Å². The Morgan fingerprint density at radius 2 is 1.29 bits per heavy atom. The van der Waals surface area contributed by atoms with Crippen LogP contribution in [0.15, 0.2) is 84.8 Å². The molecular formula is C22H23N5O17S5. The number of azo groups is 2. The molecule has 6 N–H and O–H groups in total. The summed E-state index contributed by atoms with van der Waals surface area (Å²) in [5.74, 6) is -2.03. The van der Waals surface area contributed by atoms with Gasteiger partial charge in [0.2, 0.25) is 0 Å². The number of benzene rings is 3. The van der Waals surface area contributed by atoms with E-state index in [0.29, 0.717) is 0 Å². The molecule has 268 valence electrons. The Morgan fingerprint density at radius 1 is 0.694 bits per heavy atom. The maximum atomic E-state index is 12.6. The van der Waals surface area contributed by atoms with Gasteiger partial charge in [-0.25, -0.2) is 31.5 Å². The molecule has 0 saturated carbocycles. The molecule has 0 aromatic heterocycles. The van der Waals surface area contributed by atoms with E-state index in [1.807, 2.05) is 0 Å². The predicted molar refractivity (Wildman–Crippen MR) is 167 cm³/mol. The van der Waals surface area contributed by atoms with Crippen molar-refractivity contribution in [2.24, 2.45) is 20.5 Å². The summed E-state index contributed by atoms with van der Waals surface area (Å²) in [5.41, 5.74) is 5.82. The SMILES string of the molecule is Nc1cc(O)c(N=Nc2ccc(S(=O)(=O)CCOS(=O)(=O)O)cc2OSOOO)cc1N=Nc1ccc(S(=O)(=O)CCOSOOO)cc1. The quantitative estimate of drug-likeness (QED) is 0.0199. The van der Waals surface area contributed by atoms with Crippen molar-refractivity contribution in [3.8, 4) is 11.5 Å². The fourth-order valence-corrected chi connectivity index (χ4v) is 6.45. The first-order chi connectivity index (χ1) is 23.1. The number of rotatable bonds is 20. The van der Waals surface area contributed by atoms with Gasteiger partial charge in [-0.15, -0.1) is 19.7 Å². The number of nitrogens with two attached hydrogens (primary N) is 1. The number of phenols is 1. The number of phenolic OH excluding ortho intramolecular Hbond substituents is 1. The van der Waals surface area contributed by atoms with E-state index in [9.17, 15) is 30.4 Å². The molecule has 49 heavy (non-hydrogen) atoms. The Hall–Kier alpha value is -3.55. The number of hydrogen-bond acceptors (Lipinski definition) is 23. The van der Waals surface area contributed by atoms with E-state index in [1.54, 1.807) is 0 Å². The van der Waals surface area contributed by atoms with Crippen LogP contribution in [0.25, 0.3) is 0 Å². The van der Waals surface area contributed by atoms with Crippen molar-refractivity contribution in [2.75, 3.05) is 30.5 Å². The second-order valence-corrected chi connectivity index (χ2v) is 14.9. The number of hydrogen-bond donors (Lipinski definition) is 5. The van der Waals surface area contributed by atoms with Crippen molar-refractivity contribution in [1.82, 2.24) is 0 Å². The molecule has 0 fully saturated rings. The molecule has 0 spiro atoms. The molecule has 3 aromatic rings. The third-order valence-electron chi connectivity index (χ3n) is 5.46. The molecule has 3 rings (SSSR count). The molecule has 0 amide bonds. The molecule has 0 saturated heterocycles. The van der Waals surface area contributed by atoms with Gasteiger partial charge in [-0.05, 0) is 42.5 Å². The lowest BCUT2D eigenvalue weighted by molar-refractivity contribution is -0.434. The first-order valence-electron chi connectivity index (χ1n) is 12.5.